The van der Waals surface area contributed by atoms with E-state index in [0.717, 1.165) is 0 Å². The molecule has 1 heterocycles. The average Bonchev–Trinajstić information content (AvgIpc) is 2.31. The summed E-state index contributed by atoms with van der Waals surface area (Å²) in [5.74, 6) is 0.114. The topological polar surface area (TPSA) is 49.8 Å². The Bertz CT molecular complexity index is 468. The number of benzene rings is 1. The SMILES string of the molecule is Cc1c(O)cccc1C(=O)N1CCOCC1(C)C. The molecule has 0 spiro atoms. The molecule has 98 valence electrons. The van der Waals surface area contributed by atoms with Crippen LogP contribution < -0.4 is 0 Å². The standard InChI is InChI=1S/C14H19NO3/c1-10-11(5-4-6-12(10)16)13(17)15-7-8-18-9-14(15,2)3/h4-6,16H,7-9H2,1-3H3. The van der Waals surface area contributed by atoms with E-state index in [0.29, 0.717) is 30.9 Å². The van der Waals surface area contributed by atoms with Crippen molar-refractivity contribution in [1.29, 1.82) is 0 Å². The number of nitrogens with zero attached hydrogens (tertiary/aromatic N) is 1. The van der Waals surface area contributed by atoms with E-state index >= 15 is 0 Å². The van der Waals surface area contributed by atoms with Gasteiger partial charge in [-0.05, 0) is 32.9 Å². The third-order valence-electron chi connectivity index (χ3n) is 3.43. The highest BCUT2D eigenvalue weighted by atomic mass is 16.5. The van der Waals surface area contributed by atoms with Gasteiger partial charge in [-0.15, -0.1) is 0 Å². The molecule has 0 unspecified atom stereocenters. The van der Waals surface area contributed by atoms with Gasteiger partial charge in [0, 0.05) is 17.7 Å². The van der Waals surface area contributed by atoms with E-state index in [1.165, 1.54) is 0 Å². The average molecular weight is 249 g/mol. The second-order valence-corrected chi connectivity index (χ2v) is 5.27. The van der Waals surface area contributed by atoms with Gasteiger partial charge in [-0.25, -0.2) is 0 Å². The van der Waals surface area contributed by atoms with Gasteiger partial charge in [0.2, 0.25) is 0 Å². The molecule has 0 aliphatic carbocycles. The minimum absolute atomic E-state index is 0.0447. The molecule has 1 aliphatic rings. The van der Waals surface area contributed by atoms with Gasteiger partial charge in [-0.3, -0.25) is 4.79 Å². The van der Waals surface area contributed by atoms with Crippen LogP contribution in [0.3, 0.4) is 0 Å². The predicted molar refractivity (Wildman–Crippen MR) is 68.8 cm³/mol. The first kappa shape index (κ1) is 12.9. The largest absolute Gasteiger partial charge is 0.508 e. The summed E-state index contributed by atoms with van der Waals surface area (Å²) in [6.07, 6.45) is 0. The Morgan fingerprint density at radius 2 is 2.17 bits per heavy atom. The summed E-state index contributed by atoms with van der Waals surface area (Å²) in [6.45, 7) is 7.42. The van der Waals surface area contributed by atoms with E-state index < -0.39 is 0 Å². The van der Waals surface area contributed by atoms with Gasteiger partial charge in [-0.1, -0.05) is 6.07 Å². The number of carbonyl (C=O) groups excluding carboxylic acids is 1. The number of phenolic OH excluding ortho intramolecular Hbond substituents is 1. The van der Waals surface area contributed by atoms with E-state index in [1.54, 1.807) is 25.1 Å². The third-order valence-corrected chi connectivity index (χ3v) is 3.43. The summed E-state index contributed by atoms with van der Waals surface area (Å²) in [5.41, 5.74) is 0.877. The zero-order valence-corrected chi connectivity index (χ0v) is 11.1. The van der Waals surface area contributed by atoms with E-state index in [2.05, 4.69) is 0 Å². The number of hydrogen-bond donors (Lipinski definition) is 1. The van der Waals surface area contributed by atoms with Crippen molar-refractivity contribution >= 4 is 5.91 Å². The lowest BCUT2D eigenvalue weighted by atomic mass is 9.99. The molecule has 1 saturated heterocycles. The molecule has 0 aromatic heterocycles. The van der Waals surface area contributed by atoms with Crippen LogP contribution in [0.1, 0.15) is 29.8 Å². The third kappa shape index (κ3) is 2.20. The van der Waals surface area contributed by atoms with Crippen LogP contribution in [0.5, 0.6) is 5.75 Å². The highest BCUT2D eigenvalue weighted by molar-refractivity contribution is 5.96. The van der Waals surface area contributed by atoms with Crippen molar-refractivity contribution in [3.63, 3.8) is 0 Å². The van der Waals surface area contributed by atoms with Crippen LogP contribution in [0.4, 0.5) is 0 Å². The number of amides is 1. The van der Waals surface area contributed by atoms with Crippen molar-refractivity contribution < 1.29 is 14.6 Å². The van der Waals surface area contributed by atoms with Gasteiger partial charge in [0.25, 0.3) is 5.91 Å². The molecule has 1 N–H and O–H groups in total. The van der Waals surface area contributed by atoms with Crippen molar-refractivity contribution in [2.45, 2.75) is 26.3 Å². The van der Waals surface area contributed by atoms with Gasteiger partial charge in [0.05, 0.1) is 18.8 Å². The minimum Gasteiger partial charge on any atom is -0.508 e. The van der Waals surface area contributed by atoms with Crippen LogP contribution in [-0.4, -0.2) is 41.2 Å². The number of carbonyl (C=O) groups is 1. The quantitative estimate of drug-likeness (QED) is 0.827. The molecule has 2 rings (SSSR count). The lowest BCUT2D eigenvalue weighted by Gasteiger charge is -2.42. The number of aromatic hydroxyl groups is 1. The normalized spacial score (nSPS) is 18.7. The van der Waals surface area contributed by atoms with Crippen molar-refractivity contribution in [2.24, 2.45) is 0 Å². The Kier molecular flexibility index (Phi) is 3.30. The molecule has 18 heavy (non-hydrogen) atoms. The molecule has 1 aromatic rings. The Labute approximate surface area is 107 Å². The van der Waals surface area contributed by atoms with Crippen LogP contribution in [0.25, 0.3) is 0 Å². The summed E-state index contributed by atoms with van der Waals surface area (Å²) < 4.78 is 5.41. The Morgan fingerprint density at radius 3 is 2.83 bits per heavy atom. The Morgan fingerprint density at radius 1 is 1.44 bits per heavy atom. The van der Waals surface area contributed by atoms with Crippen LogP contribution >= 0.6 is 0 Å². The Balaban J connectivity index is 2.33. The molecule has 4 heteroatoms. The number of ether oxygens (including phenoxy) is 1. The zero-order chi connectivity index (χ0) is 13.3. The minimum atomic E-state index is -0.312. The Hall–Kier alpha value is -1.55. The predicted octanol–water partition coefficient (Wildman–Crippen LogP) is 1.95. The van der Waals surface area contributed by atoms with E-state index in [1.807, 2.05) is 18.7 Å². The highest BCUT2D eigenvalue weighted by Gasteiger charge is 2.35. The molecule has 0 atom stereocenters. The molecular weight excluding hydrogens is 230 g/mol. The molecular formula is C14H19NO3. The van der Waals surface area contributed by atoms with Gasteiger partial charge in [0.1, 0.15) is 5.75 Å². The maximum absolute atomic E-state index is 12.5. The first-order valence-electron chi connectivity index (χ1n) is 6.12. The summed E-state index contributed by atoms with van der Waals surface area (Å²) in [5, 5.41) is 9.68. The lowest BCUT2D eigenvalue weighted by Crippen LogP contribution is -2.55. The molecule has 0 bridgehead atoms. The number of morpholine rings is 1. The second-order valence-electron chi connectivity index (χ2n) is 5.27. The fourth-order valence-electron chi connectivity index (χ4n) is 2.24. The smallest absolute Gasteiger partial charge is 0.254 e. The molecule has 1 aromatic carbocycles. The van der Waals surface area contributed by atoms with Gasteiger partial charge in [-0.2, -0.15) is 0 Å². The number of phenols is 1. The summed E-state index contributed by atoms with van der Waals surface area (Å²) >= 11 is 0. The molecule has 1 fully saturated rings. The first-order valence-corrected chi connectivity index (χ1v) is 6.12. The van der Waals surface area contributed by atoms with Crippen LogP contribution in [-0.2, 0) is 4.74 Å². The maximum Gasteiger partial charge on any atom is 0.254 e. The van der Waals surface area contributed by atoms with Crippen molar-refractivity contribution in [3.05, 3.63) is 29.3 Å². The second kappa shape index (κ2) is 4.61. The molecule has 4 nitrogen and oxygen atoms in total. The van der Waals surface area contributed by atoms with Gasteiger partial charge in [0.15, 0.2) is 0 Å². The molecule has 1 amide bonds. The fourth-order valence-corrected chi connectivity index (χ4v) is 2.24. The summed E-state index contributed by atoms with van der Waals surface area (Å²) in [7, 11) is 0. The van der Waals surface area contributed by atoms with E-state index in [9.17, 15) is 9.90 Å². The maximum atomic E-state index is 12.5. The van der Waals surface area contributed by atoms with E-state index in [4.69, 9.17) is 4.74 Å². The molecule has 0 radical (unpaired) electrons. The molecule has 0 saturated carbocycles. The summed E-state index contributed by atoms with van der Waals surface area (Å²) in [4.78, 5) is 14.4. The first-order chi connectivity index (χ1) is 8.43. The number of hydrogen-bond acceptors (Lipinski definition) is 3. The monoisotopic (exact) mass is 249 g/mol. The lowest BCUT2D eigenvalue weighted by molar-refractivity contribution is -0.0371. The van der Waals surface area contributed by atoms with Crippen molar-refractivity contribution in [3.8, 4) is 5.75 Å². The van der Waals surface area contributed by atoms with Crippen LogP contribution in [0.2, 0.25) is 0 Å². The fraction of sp³-hybridized carbons (Fsp3) is 0.500. The van der Waals surface area contributed by atoms with Crippen LogP contribution in [0, 0.1) is 6.92 Å². The van der Waals surface area contributed by atoms with Gasteiger partial charge >= 0.3 is 0 Å². The van der Waals surface area contributed by atoms with Crippen LogP contribution in [0.15, 0.2) is 18.2 Å². The number of rotatable bonds is 1. The van der Waals surface area contributed by atoms with E-state index in [-0.39, 0.29) is 17.2 Å². The molecule has 1 aliphatic heterocycles. The van der Waals surface area contributed by atoms with Crippen molar-refractivity contribution in [2.75, 3.05) is 19.8 Å². The van der Waals surface area contributed by atoms with Gasteiger partial charge < -0.3 is 14.7 Å². The summed E-state index contributed by atoms with van der Waals surface area (Å²) in [6, 6.07) is 5.04. The van der Waals surface area contributed by atoms with Crippen molar-refractivity contribution in [1.82, 2.24) is 4.90 Å². The highest BCUT2D eigenvalue weighted by Crippen LogP contribution is 2.26. The zero-order valence-electron chi connectivity index (χ0n) is 11.1.